The van der Waals surface area contributed by atoms with Crippen LogP contribution in [0, 0.1) is 0 Å². The van der Waals surface area contributed by atoms with Gasteiger partial charge in [0.05, 0.1) is 0 Å². The van der Waals surface area contributed by atoms with Gasteiger partial charge < -0.3 is 0 Å². The SMILES string of the molecule is CC=CC(C)=CC=CCC. The molecule has 0 saturated heterocycles. The van der Waals surface area contributed by atoms with Crippen LogP contribution in [-0.4, -0.2) is 0 Å². The Balaban J connectivity index is 3.79. The van der Waals surface area contributed by atoms with Gasteiger partial charge in [0.25, 0.3) is 0 Å². The van der Waals surface area contributed by atoms with Crippen LogP contribution in [0.2, 0.25) is 0 Å². The van der Waals surface area contributed by atoms with Gasteiger partial charge in [0.2, 0.25) is 0 Å². The highest BCUT2D eigenvalue weighted by molar-refractivity contribution is 5.20. The molecule has 0 aromatic heterocycles. The van der Waals surface area contributed by atoms with Crippen molar-refractivity contribution in [2.45, 2.75) is 27.2 Å². The number of rotatable bonds is 3. The molecular weight excluding hydrogens is 120 g/mol. The lowest BCUT2D eigenvalue weighted by atomic mass is 10.2. The van der Waals surface area contributed by atoms with E-state index in [2.05, 4.69) is 38.2 Å². The lowest BCUT2D eigenvalue weighted by Gasteiger charge is -1.84. The van der Waals surface area contributed by atoms with E-state index < -0.39 is 0 Å². The molecule has 0 aliphatic carbocycles. The quantitative estimate of drug-likeness (QED) is 0.521. The first kappa shape index (κ1) is 9.22. The summed E-state index contributed by atoms with van der Waals surface area (Å²) < 4.78 is 0. The van der Waals surface area contributed by atoms with E-state index in [1.165, 1.54) is 5.57 Å². The van der Waals surface area contributed by atoms with Gasteiger partial charge in [-0.2, -0.15) is 0 Å². The van der Waals surface area contributed by atoms with Crippen LogP contribution < -0.4 is 0 Å². The molecule has 0 aliphatic rings. The lowest BCUT2D eigenvalue weighted by Crippen LogP contribution is -1.63. The van der Waals surface area contributed by atoms with Gasteiger partial charge in [-0.3, -0.25) is 0 Å². The molecule has 0 unspecified atom stereocenters. The molecule has 0 radical (unpaired) electrons. The molecule has 56 valence electrons. The van der Waals surface area contributed by atoms with E-state index in [0.29, 0.717) is 0 Å². The Kier molecular flexibility index (Phi) is 5.85. The molecule has 0 aliphatic heterocycles. The minimum absolute atomic E-state index is 1.11. The molecular formula is C10H16. The fourth-order valence-corrected chi connectivity index (χ4v) is 0.674. The molecule has 0 atom stereocenters. The van der Waals surface area contributed by atoms with Crippen molar-refractivity contribution in [2.24, 2.45) is 0 Å². The molecule has 0 aromatic rings. The number of allylic oxidation sites excluding steroid dienone is 6. The molecule has 0 heteroatoms. The Labute approximate surface area is 64.0 Å². The van der Waals surface area contributed by atoms with E-state index in [0.717, 1.165) is 6.42 Å². The average Bonchev–Trinajstić information content (AvgIpc) is 1.89. The summed E-state index contributed by atoms with van der Waals surface area (Å²) >= 11 is 0. The maximum atomic E-state index is 2.15. The van der Waals surface area contributed by atoms with Crippen molar-refractivity contribution in [2.75, 3.05) is 0 Å². The molecule has 0 N–H and O–H groups in total. The Morgan fingerprint density at radius 3 is 2.60 bits per heavy atom. The predicted molar refractivity (Wildman–Crippen MR) is 48.0 cm³/mol. The zero-order valence-electron chi connectivity index (χ0n) is 7.09. The molecule has 0 heterocycles. The summed E-state index contributed by atoms with van der Waals surface area (Å²) in [5.41, 5.74) is 1.30. The van der Waals surface area contributed by atoms with Gasteiger partial charge in [-0.1, -0.05) is 42.9 Å². The summed E-state index contributed by atoms with van der Waals surface area (Å²) in [6.07, 6.45) is 11.6. The molecule has 0 aromatic carbocycles. The second-order valence-electron chi connectivity index (χ2n) is 2.25. The Hall–Kier alpha value is -0.780. The maximum absolute atomic E-state index is 2.15. The maximum Gasteiger partial charge on any atom is -0.0376 e. The first-order chi connectivity index (χ1) is 4.81. The van der Waals surface area contributed by atoms with Crippen molar-refractivity contribution < 1.29 is 0 Å². The van der Waals surface area contributed by atoms with Crippen molar-refractivity contribution >= 4 is 0 Å². The second-order valence-corrected chi connectivity index (χ2v) is 2.25. The smallest absolute Gasteiger partial charge is 0.0376 e. The van der Waals surface area contributed by atoms with Crippen LogP contribution in [0.25, 0.3) is 0 Å². The van der Waals surface area contributed by atoms with Gasteiger partial charge in [-0.05, 0) is 20.3 Å². The highest BCUT2D eigenvalue weighted by Gasteiger charge is 1.73. The zero-order valence-corrected chi connectivity index (χ0v) is 7.09. The first-order valence-electron chi connectivity index (χ1n) is 3.77. The van der Waals surface area contributed by atoms with Crippen molar-refractivity contribution in [1.29, 1.82) is 0 Å². The molecule has 0 spiro atoms. The van der Waals surface area contributed by atoms with Crippen LogP contribution in [0.4, 0.5) is 0 Å². The van der Waals surface area contributed by atoms with Gasteiger partial charge in [0.15, 0.2) is 0 Å². The zero-order chi connectivity index (χ0) is 7.82. The largest absolute Gasteiger partial charge is 0.0874 e. The molecule has 0 saturated carbocycles. The third-order valence-electron chi connectivity index (χ3n) is 1.16. The molecule has 10 heavy (non-hydrogen) atoms. The van der Waals surface area contributed by atoms with Crippen molar-refractivity contribution in [3.63, 3.8) is 0 Å². The van der Waals surface area contributed by atoms with Crippen LogP contribution in [0.3, 0.4) is 0 Å². The predicted octanol–water partition coefficient (Wildman–Crippen LogP) is 3.48. The standard InChI is InChI=1S/C10H16/c1-4-6-7-9-10(3)8-5-2/h5-9H,4H2,1-3H3. The Morgan fingerprint density at radius 1 is 1.40 bits per heavy atom. The fraction of sp³-hybridized carbons (Fsp3) is 0.400. The van der Waals surface area contributed by atoms with Gasteiger partial charge in [0.1, 0.15) is 0 Å². The minimum Gasteiger partial charge on any atom is -0.0874 e. The molecule has 0 amide bonds. The highest BCUT2D eigenvalue weighted by atomic mass is 13.8. The number of hydrogen-bond acceptors (Lipinski definition) is 0. The normalized spacial score (nSPS) is 13.7. The van der Waals surface area contributed by atoms with Crippen LogP contribution in [0.5, 0.6) is 0 Å². The van der Waals surface area contributed by atoms with Crippen LogP contribution in [-0.2, 0) is 0 Å². The molecule has 0 bridgehead atoms. The first-order valence-corrected chi connectivity index (χ1v) is 3.77. The summed E-state index contributed by atoms with van der Waals surface area (Å²) in [5.74, 6) is 0. The summed E-state index contributed by atoms with van der Waals surface area (Å²) in [6, 6.07) is 0. The van der Waals surface area contributed by atoms with E-state index in [4.69, 9.17) is 0 Å². The summed E-state index contributed by atoms with van der Waals surface area (Å²) in [4.78, 5) is 0. The van der Waals surface area contributed by atoms with Crippen molar-refractivity contribution in [3.05, 3.63) is 36.0 Å². The topological polar surface area (TPSA) is 0 Å². The monoisotopic (exact) mass is 136 g/mol. The minimum atomic E-state index is 1.11. The summed E-state index contributed by atoms with van der Waals surface area (Å²) in [7, 11) is 0. The van der Waals surface area contributed by atoms with E-state index in [1.807, 2.05) is 13.0 Å². The van der Waals surface area contributed by atoms with Crippen molar-refractivity contribution in [3.8, 4) is 0 Å². The molecule has 0 nitrogen and oxygen atoms in total. The van der Waals surface area contributed by atoms with E-state index >= 15 is 0 Å². The third-order valence-corrected chi connectivity index (χ3v) is 1.16. The van der Waals surface area contributed by atoms with E-state index in [1.54, 1.807) is 0 Å². The van der Waals surface area contributed by atoms with Crippen LogP contribution in [0.15, 0.2) is 36.0 Å². The number of hydrogen-bond donors (Lipinski definition) is 0. The molecule has 0 rings (SSSR count). The van der Waals surface area contributed by atoms with Gasteiger partial charge >= 0.3 is 0 Å². The van der Waals surface area contributed by atoms with Crippen LogP contribution >= 0.6 is 0 Å². The van der Waals surface area contributed by atoms with E-state index in [9.17, 15) is 0 Å². The fourth-order valence-electron chi connectivity index (χ4n) is 0.674. The lowest BCUT2D eigenvalue weighted by molar-refractivity contribution is 1.22. The van der Waals surface area contributed by atoms with Gasteiger partial charge in [-0.15, -0.1) is 0 Å². The summed E-state index contributed by atoms with van der Waals surface area (Å²) in [6.45, 7) is 6.26. The Morgan fingerprint density at radius 2 is 2.10 bits per heavy atom. The van der Waals surface area contributed by atoms with Crippen LogP contribution in [0.1, 0.15) is 27.2 Å². The third kappa shape index (κ3) is 5.36. The average molecular weight is 136 g/mol. The highest BCUT2D eigenvalue weighted by Crippen LogP contribution is 1.94. The van der Waals surface area contributed by atoms with Crippen molar-refractivity contribution in [1.82, 2.24) is 0 Å². The van der Waals surface area contributed by atoms with Gasteiger partial charge in [-0.25, -0.2) is 0 Å². The second kappa shape index (κ2) is 6.34. The summed E-state index contributed by atoms with van der Waals surface area (Å²) in [5, 5.41) is 0. The van der Waals surface area contributed by atoms with Gasteiger partial charge in [0, 0.05) is 0 Å². The molecule has 0 fully saturated rings. The van der Waals surface area contributed by atoms with E-state index in [-0.39, 0.29) is 0 Å². The Bertz CT molecular complexity index is 147.